The molecule has 80 valence electrons. The summed E-state index contributed by atoms with van der Waals surface area (Å²) in [5.41, 5.74) is -1.61. The molecule has 0 unspecified atom stereocenters. The van der Waals surface area contributed by atoms with Crippen molar-refractivity contribution in [3.05, 3.63) is 39.4 Å². The zero-order valence-electron chi connectivity index (χ0n) is 7.24. The Hall–Kier alpha value is -2.05. The SMILES string of the molecule is O=C(O)Cc1cc(F)cc([N+](=O)[O-])c1F. The van der Waals surface area contributed by atoms with E-state index in [4.69, 9.17) is 5.11 Å². The number of carboxylic acids is 1. The molecule has 0 radical (unpaired) electrons. The van der Waals surface area contributed by atoms with Crippen LogP contribution in [-0.4, -0.2) is 16.0 Å². The van der Waals surface area contributed by atoms with E-state index in [0.717, 1.165) is 0 Å². The predicted octanol–water partition coefficient (Wildman–Crippen LogP) is 1.50. The zero-order chi connectivity index (χ0) is 11.6. The van der Waals surface area contributed by atoms with Gasteiger partial charge in [0.1, 0.15) is 5.82 Å². The number of rotatable bonds is 3. The number of halogens is 2. The van der Waals surface area contributed by atoms with Crippen molar-refractivity contribution in [1.29, 1.82) is 0 Å². The van der Waals surface area contributed by atoms with Gasteiger partial charge in [-0.05, 0) is 6.07 Å². The van der Waals surface area contributed by atoms with Crippen LogP contribution in [0.5, 0.6) is 0 Å². The second-order valence-corrected chi connectivity index (χ2v) is 2.73. The highest BCUT2D eigenvalue weighted by Gasteiger charge is 2.21. The number of nitro groups is 1. The van der Waals surface area contributed by atoms with E-state index in [0.29, 0.717) is 12.1 Å². The van der Waals surface area contributed by atoms with Crippen molar-refractivity contribution in [2.75, 3.05) is 0 Å². The molecule has 0 aromatic heterocycles. The highest BCUT2D eigenvalue weighted by atomic mass is 19.1. The van der Waals surface area contributed by atoms with Gasteiger partial charge in [-0.15, -0.1) is 0 Å². The van der Waals surface area contributed by atoms with E-state index in [9.17, 15) is 23.7 Å². The van der Waals surface area contributed by atoms with Crippen LogP contribution < -0.4 is 0 Å². The molecule has 5 nitrogen and oxygen atoms in total. The molecule has 0 fully saturated rings. The summed E-state index contributed by atoms with van der Waals surface area (Å²) in [5.74, 6) is -3.75. The lowest BCUT2D eigenvalue weighted by Gasteiger charge is -2.00. The predicted molar refractivity (Wildman–Crippen MR) is 44.4 cm³/mol. The molecule has 0 amide bonds. The fourth-order valence-corrected chi connectivity index (χ4v) is 1.05. The number of nitrogens with zero attached hydrogens (tertiary/aromatic N) is 1. The molecule has 0 heterocycles. The molecule has 0 aliphatic carbocycles. The minimum atomic E-state index is -1.39. The van der Waals surface area contributed by atoms with Crippen molar-refractivity contribution < 1.29 is 23.6 Å². The molecule has 0 spiro atoms. The molecule has 1 aromatic rings. The van der Waals surface area contributed by atoms with E-state index in [1.165, 1.54) is 0 Å². The molecular weight excluding hydrogens is 212 g/mol. The Kier molecular flexibility index (Phi) is 2.93. The maximum absolute atomic E-state index is 13.2. The first kappa shape index (κ1) is 11.0. The Labute approximate surface area is 82.1 Å². The summed E-state index contributed by atoms with van der Waals surface area (Å²) in [7, 11) is 0. The fourth-order valence-electron chi connectivity index (χ4n) is 1.05. The summed E-state index contributed by atoms with van der Waals surface area (Å²) in [4.78, 5) is 19.4. The fraction of sp³-hybridized carbons (Fsp3) is 0.125. The van der Waals surface area contributed by atoms with Crippen molar-refractivity contribution in [2.24, 2.45) is 0 Å². The Balaban J connectivity index is 3.28. The van der Waals surface area contributed by atoms with Gasteiger partial charge in [-0.25, -0.2) is 4.39 Å². The van der Waals surface area contributed by atoms with Gasteiger partial charge in [0.2, 0.25) is 5.82 Å². The molecule has 0 saturated heterocycles. The Bertz CT molecular complexity index is 433. The summed E-state index contributed by atoms with van der Waals surface area (Å²) in [6.45, 7) is 0. The number of carboxylic acid groups (broad SMARTS) is 1. The summed E-state index contributed by atoms with van der Waals surface area (Å²) in [6, 6.07) is 1.02. The van der Waals surface area contributed by atoms with E-state index in [2.05, 4.69) is 0 Å². The number of benzene rings is 1. The first-order chi connectivity index (χ1) is 6.91. The van der Waals surface area contributed by atoms with E-state index in [-0.39, 0.29) is 0 Å². The molecule has 0 saturated carbocycles. The van der Waals surface area contributed by atoms with Crippen LogP contribution in [0.2, 0.25) is 0 Å². The van der Waals surface area contributed by atoms with E-state index in [1.807, 2.05) is 0 Å². The van der Waals surface area contributed by atoms with Crippen LogP contribution in [0.1, 0.15) is 5.56 Å². The molecule has 7 heteroatoms. The van der Waals surface area contributed by atoms with Gasteiger partial charge >= 0.3 is 11.7 Å². The topological polar surface area (TPSA) is 80.4 Å². The molecule has 0 aliphatic rings. The summed E-state index contributed by atoms with van der Waals surface area (Å²) >= 11 is 0. The lowest BCUT2D eigenvalue weighted by atomic mass is 10.1. The van der Waals surface area contributed by atoms with Gasteiger partial charge in [0, 0.05) is 5.56 Å². The van der Waals surface area contributed by atoms with Gasteiger partial charge < -0.3 is 5.11 Å². The number of nitro benzene ring substituents is 1. The van der Waals surface area contributed by atoms with Crippen molar-refractivity contribution >= 4 is 11.7 Å². The molecular formula is C8H5F2NO4. The van der Waals surface area contributed by atoms with Crippen molar-refractivity contribution in [2.45, 2.75) is 6.42 Å². The van der Waals surface area contributed by atoms with Crippen molar-refractivity contribution in [3.8, 4) is 0 Å². The molecule has 1 N–H and O–H groups in total. The van der Waals surface area contributed by atoms with Crippen LogP contribution in [-0.2, 0) is 11.2 Å². The van der Waals surface area contributed by atoms with Gasteiger partial charge in [-0.1, -0.05) is 0 Å². The Morgan fingerprint density at radius 1 is 1.47 bits per heavy atom. The lowest BCUT2D eigenvalue weighted by molar-refractivity contribution is -0.387. The number of hydrogen-bond acceptors (Lipinski definition) is 3. The summed E-state index contributed by atoms with van der Waals surface area (Å²) in [6.07, 6.45) is -0.801. The van der Waals surface area contributed by atoms with Gasteiger partial charge in [-0.3, -0.25) is 14.9 Å². The monoisotopic (exact) mass is 217 g/mol. The van der Waals surface area contributed by atoms with Crippen molar-refractivity contribution in [3.63, 3.8) is 0 Å². The molecule has 15 heavy (non-hydrogen) atoms. The van der Waals surface area contributed by atoms with Crippen LogP contribution in [0.3, 0.4) is 0 Å². The minimum absolute atomic E-state index is 0.403. The number of carbonyl (C=O) groups is 1. The first-order valence-electron chi connectivity index (χ1n) is 3.76. The average molecular weight is 217 g/mol. The molecule has 1 aromatic carbocycles. The third kappa shape index (κ3) is 2.46. The minimum Gasteiger partial charge on any atom is -0.481 e. The van der Waals surface area contributed by atoms with Gasteiger partial charge in [0.15, 0.2) is 0 Å². The van der Waals surface area contributed by atoms with Crippen LogP contribution in [0, 0.1) is 21.7 Å². The van der Waals surface area contributed by atoms with E-state index < -0.39 is 40.2 Å². The quantitative estimate of drug-likeness (QED) is 0.614. The molecule has 0 bridgehead atoms. The zero-order valence-corrected chi connectivity index (χ0v) is 7.24. The Morgan fingerprint density at radius 3 is 2.53 bits per heavy atom. The third-order valence-corrected chi connectivity index (χ3v) is 1.63. The lowest BCUT2D eigenvalue weighted by Crippen LogP contribution is -2.05. The maximum atomic E-state index is 13.2. The second kappa shape index (κ2) is 3.99. The van der Waals surface area contributed by atoms with E-state index >= 15 is 0 Å². The highest BCUT2D eigenvalue weighted by Crippen LogP contribution is 2.22. The molecule has 0 aliphatic heterocycles. The average Bonchev–Trinajstić information content (AvgIpc) is 2.09. The van der Waals surface area contributed by atoms with E-state index in [1.54, 1.807) is 0 Å². The number of hydrogen-bond donors (Lipinski definition) is 1. The first-order valence-corrected chi connectivity index (χ1v) is 3.76. The normalized spacial score (nSPS) is 10.0. The largest absolute Gasteiger partial charge is 0.481 e. The van der Waals surface area contributed by atoms with Crippen LogP contribution >= 0.6 is 0 Å². The molecule has 0 atom stereocenters. The Morgan fingerprint density at radius 2 is 2.07 bits per heavy atom. The number of aliphatic carboxylic acids is 1. The maximum Gasteiger partial charge on any atom is 0.308 e. The second-order valence-electron chi connectivity index (χ2n) is 2.73. The van der Waals surface area contributed by atoms with Crippen LogP contribution in [0.4, 0.5) is 14.5 Å². The summed E-state index contributed by atoms with van der Waals surface area (Å²) in [5, 5.41) is 18.6. The highest BCUT2D eigenvalue weighted by molar-refractivity contribution is 5.70. The molecule has 1 rings (SSSR count). The van der Waals surface area contributed by atoms with Crippen molar-refractivity contribution in [1.82, 2.24) is 0 Å². The standard InChI is InChI=1S/C8H5F2NO4/c9-5-1-4(2-7(12)13)8(10)6(3-5)11(14)15/h1,3H,2H2,(H,12,13). The van der Waals surface area contributed by atoms with Gasteiger partial charge in [0.05, 0.1) is 17.4 Å². The smallest absolute Gasteiger partial charge is 0.308 e. The van der Waals surface area contributed by atoms with Gasteiger partial charge in [-0.2, -0.15) is 4.39 Å². The van der Waals surface area contributed by atoms with Crippen LogP contribution in [0.25, 0.3) is 0 Å². The van der Waals surface area contributed by atoms with Crippen LogP contribution in [0.15, 0.2) is 12.1 Å². The summed E-state index contributed by atoms with van der Waals surface area (Å²) < 4.78 is 25.9. The van der Waals surface area contributed by atoms with Gasteiger partial charge in [0.25, 0.3) is 0 Å². The third-order valence-electron chi connectivity index (χ3n) is 1.63.